The van der Waals surface area contributed by atoms with Gasteiger partial charge in [-0.05, 0) is 12.1 Å². The molecule has 122 valence electrons. The SMILES string of the molecule is O=[N+]([O-])c1cc2c(c(COc3nnc4ccccn34)c1)OCOC2. The predicted molar refractivity (Wildman–Crippen MR) is 80.7 cm³/mol. The Balaban J connectivity index is 1.66. The van der Waals surface area contributed by atoms with Gasteiger partial charge in [0.1, 0.15) is 12.4 Å². The largest absolute Gasteiger partial charge is 0.467 e. The van der Waals surface area contributed by atoms with Crippen LogP contribution in [0.3, 0.4) is 0 Å². The van der Waals surface area contributed by atoms with Crippen molar-refractivity contribution in [1.82, 2.24) is 14.6 Å². The summed E-state index contributed by atoms with van der Waals surface area (Å²) in [5.41, 5.74) is 1.81. The van der Waals surface area contributed by atoms with Crippen molar-refractivity contribution in [2.45, 2.75) is 13.2 Å². The Bertz CT molecular complexity index is 923. The summed E-state index contributed by atoms with van der Waals surface area (Å²) in [4.78, 5) is 10.6. The molecule has 2 aromatic heterocycles. The van der Waals surface area contributed by atoms with Gasteiger partial charge in [0.25, 0.3) is 5.69 Å². The van der Waals surface area contributed by atoms with Gasteiger partial charge in [-0.3, -0.25) is 14.5 Å². The standard InChI is InChI=1S/C15H12N4O5/c20-19(21)12-5-10-7-22-9-24-14(10)11(6-12)8-23-15-17-16-13-3-1-2-4-18(13)15/h1-6H,7-9H2. The number of nitrogens with zero attached hydrogens (tertiary/aromatic N) is 4. The van der Waals surface area contributed by atoms with E-state index in [1.54, 1.807) is 16.7 Å². The molecule has 0 aliphatic carbocycles. The van der Waals surface area contributed by atoms with Crippen LogP contribution in [0.5, 0.6) is 11.8 Å². The van der Waals surface area contributed by atoms with Crippen LogP contribution in [-0.2, 0) is 18.0 Å². The second kappa shape index (κ2) is 5.78. The average Bonchev–Trinajstić information content (AvgIpc) is 3.02. The monoisotopic (exact) mass is 328 g/mol. The quantitative estimate of drug-likeness (QED) is 0.534. The number of pyridine rings is 1. The number of non-ortho nitro benzene ring substituents is 1. The number of ether oxygens (including phenoxy) is 3. The number of hydrogen-bond acceptors (Lipinski definition) is 7. The molecule has 0 saturated carbocycles. The highest BCUT2D eigenvalue weighted by molar-refractivity contribution is 5.50. The minimum atomic E-state index is -0.454. The van der Waals surface area contributed by atoms with Gasteiger partial charge in [-0.25, -0.2) is 0 Å². The second-order valence-electron chi connectivity index (χ2n) is 5.16. The van der Waals surface area contributed by atoms with Crippen LogP contribution in [0.1, 0.15) is 11.1 Å². The van der Waals surface area contributed by atoms with E-state index in [1.807, 2.05) is 12.1 Å². The van der Waals surface area contributed by atoms with Crippen LogP contribution in [0.4, 0.5) is 5.69 Å². The molecular weight excluding hydrogens is 316 g/mol. The molecule has 0 N–H and O–H groups in total. The number of nitro benzene ring substituents is 1. The third-order valence-electron chi connectivity index (χ3n) is 3.62. The second-order valence-corrected chi connectivity index (χ2v) is 5.16. The van der Waals surface area contributed by atoms with E-state index in [1.165, 1.54) is 12.1 Å². The minimum Gasteiger partial charge on any atom is -0.467 e. The van der Waals surface area contributed by atoms with Gasteiger partial charge in [-0.15, -0.1) is 5.10 Å². The van der Waals surface area contributed by atoms with Gasteiger partial charge in [-0.2, -0.15) is 0 Å². The molecule has 3 heterocycles. The first kappa shape index (κ1) is 14.4. The summed E-state index contributed by atoms with van der Waals surface area (Å²) in [5, 5.41) is 19.1. The van der Waals surface area contributed by atoms with Crippen molar-refractivity contribution in [1.29, 1.82) is 0 Å². The van der Waals surface area contributed by atoms with E-state index in [4.69, 9.17) is 14.2 Å². The Hall–Kier alpha value is -3.20. The van der Waals surface area contributed by atoms with Crippen LogP contribution in [-0.4, -0.2) is 26.3 Å². The van der Waals surface area contributed by atoms with Crippen LogP contribution in [0.2, 0.25) is 0 Å². The topological polar surface area (TPSA) is 101 Å². The Morgan fingerprint density at radius 3 is 3.12 bits per heavy atom. The van der Waals surface area contributed by atoms with E-state index in [2.05, 4.69) is 10.2 Å². The highest BCUT2D eigenvalue weighted by atomic mass is 16.7. The molecule has 0 fully saturated rings. The number of benzene rings is 1. The van der Waals surface area contributed by atoms with E-state index in [0.717, 1.165) is 0 Å². The molecule has 0 amide bonds. The molecule has 0 bridgehead atoms. The Labute approximate surface area is 135 Å². The number of aromatic nitrogens is 3. The fraction of sp³-hybridized carbons (Fsp3) is 0.200. The number of hydrogen-bond donors (Lipinski definition) is 0. The predicted octanol–water partition coefficient (Wildman–Crippen LogP) is 2.08. The van der Waals surface area contributed by atoms with Crippen molar-refractivity contribution in [3.63, 3.8) is 0 Å². The summed E-state index contributed by atoms with van der Waals surface area (Å²) >= 11 is 0. The van der Waals surface area contributed by atoms with Gasteiger partial charge >= 0.3 is 6.01 Å². The highest BCUT2D eigenvalue weighted by Gasteiger charge is 2.21. The van der Waals surface area contributed by atoms with Crippen LogP contribution in [0, 0.1) is 10.1 Å². The zero-order valence-corrected chi connectivity index (χ0v) is 12.4. The summed E-state index contributed by atoms with van der Waals surface area (Å²) in [7, 11) is 0. The van der Waals surface area contributed by atoms with Gasteiger partial charge in [0.15, 0.2) is 12.4 Å². The third-order valence-corrected chi connectivity index (χ3v) is 3.62. The van der Waals surface area contributed by atoms with Crippen LogP contribution >= 0.6 is 0 Å². The van der Waals surface area contributed by atoms with Crippen molar-refractivity contribution in [2.75, 3.05) is 6.79 Å². The Morgan fingerprint density at radius 2 is 2.25 bits per heavy atom. The fourth-order valence-corrected chi connectivity index (χ4v) is 2.55. The molecule has 0 radical (unpaired) electrons. The average molecular weight is 328 g/mol. The van der Waals surface area contributed by atoms with Crippen molar-refractivity contribution < 1.29 is 19.1 Å². The van der Waals surface area contributed by atoms with Crippen molar-refractivity contribution >= 4 is 11.3 Å². The molecular formula is C15H12N4O5. The summed E-state index contributed by atoms with van der Waals surface area (Å²) in [6.45, 7) is 0.434. The van der Waals surface area contributed by atoms with Crippen molar-refractivity contribution in [3.05, 3.63) is 57.8 Å². The molecule has 0 unspecified atom stereocenters. The lowest BCUT2D eigenvalue weighted by molar-refractivity contribution is -0.385. The van der Waals surface area contributed by atoms with Crippen LogP contribution in [0.15, 0.2) is 36.5 Å². The Morgan fingerprint density at radius 1 is 1.33 bits per heavy atom. The first-order chi connectivity index (χ1) is 11.7. The molecule has 1 aliphatic rings. The van der Waals surface area contributed by atoms with Crippen LogP contribution < -0.4 is 9.47 Å². The van der Waals surface area contributed by atoms with E-state index >= 15 is 0 Å². The van der Waals surface area contributed by atoms with Crippen LogP contribution in [0.25, 0.3) is 5.65 Å². The van der Waals surface area contributed by atoms with Crippen molar-refractivity contribution in [3.8, 4) is 11.8 Å². The van der Waals surface area contributed by atoms with Gasteiger partial charge < -0.3 is 14.2 Å². The van der Waals surface area contributed by atoms with Gasteiger partial charge in [0.2, 0.25) is 0 Å². The maximum absolute atomic E-state index is 11.1. The maximum atomic E-state index is 11.1. The molecule has 1 aromatic carbocycles. The van der Waals surface area contributed by atoms with E-state index < -0.39 is 4.92 Å². The lowest BCUT2D eigenvalue weighted by Crippen LogP contribution is -2.14. The molecule has 0 saturated heterocycles. The van der Waals surface area contributed by atoms with Crippen molar-refractivity contribution in [2.24, 2.45) is 0 Å². The molecule has 3 aromatic rings. The smallest absolute Gasteiger partial charge is 0.321 e. The first-order valence-electron chi connectivity index (χ1n) is 7.15. The first-order valence-corrected chi connectivity index (χ1v) is 7.15. The third kappa shape index (κ3) is 2.50. The summed E-state index contributed by atoms with van der Waals surface area (Å²) < 4.78 is 18.0. The molecule has 9 nitrogen and oxygen atoms in total. The zero-order chi connectivity index (χ0) is 16.5. The minimum absolute atomic E-state index is 0.0347. The van der Waals surface area contributed by atoms with Gasteiger partial charge in [0, 0.05) is 29.5 Å². The molecule has 4 rings (SSSR count). The summed E-state index contributed by atoms with van der Waals surface area (Å²) in [6.07, 6.45) is 1.78. The van der Waals surface area contributed by atoms with Gasteiger partial charge in [-0.1, -0.05) is 11.2 Å². The number of rotatable bonds is 4. The zero-order valence-electron chi connectivity index (χ0n) is 12.4. The molecule has 24 heavy (non-hydrogen) atoms. The fourth-order valence-electron chi connectivity index (χ4n) is 2.55. The molecule has 9 heteroatoms. The molecule has 0 atom stereocenters. The van der Waals surface area contributed by atoms with Gasteiger partial charge in [0.05, 0.1) is 11.5 Å². The normalized spacial score (nSPS) is 13.3. The number of nitro groups is 1. The molecule has 0 spiro atoms. The molecule has 1 aliphatic heterocycles. The van der Waals surface area contributed by atoms with E-state index in [-0.39, 0.29) is 25.7 Å². The summed E-state index contributed by atoms with van der Waals surface area (Å²) in [6, 6.07) is 8.67. The maximum Gasteiger partial charge on any atom is 0.321 e. The lowest BCUT2D eigenvalue weighted by atomic mass is 10.1. The highest BCUT2D eigenvalue weighted by Crippen LogP contribution is 2.33. The lowest BCUT2D eigenvalue weighted by Gasteiger charge is -2.20. The van der Waals surface area contributed by atoms with E-state index in [9.17, 15) is 10.1 Å². The number of fused-ring (bicyclic) bond motifs is 2. The summed E-state index contributed by atoms with van der Waals surface area (Å²) in [5.74, 6) is 0.556. The van der Waals surface area contributed by atoms with E-state index in [0.29, 0.717) is 28.5 Å². The Kier molecular flexibility index (Phi) is 3.47.